The summed E-state index contributed by atoms with van der Waals surface area (Å²) in [6.07, 6.45) is 1.03. The van der Waals surface area contributed by atoms with Crippen molar-refractivity contribution in [2.75, 3.05) is 31.5 Å². The zero-order valence-corrected chi connectivity index (χ0v) is 12.1. The van der Waals surface area contributed by atoms with Gasteiger partial charge in [-0.2, -0.15) is 0 Å². The average Bonchev–Trinajstić information content (AvgIpc) is 2.47. The van der Waals surface area contributed by atoms with Crippen LogP contribution in [0.5, 0.6) is 0 Å². The van der Waals surface area contributed by atoms with Crippen LogP contribution in [0.15, 0.2) is 29.1 Å². The molecule has 2 aromatic rings. The number of H-pyrrole nitrogens is 1. The zero-order chi connectivity index (χ0) is 14.4. The number of benzene rings is 1. The molecule has 0 atom stereocenters. The maximum Gasteiger partial charge on any atom is 0.260 e. The molecule has 20 heavy (non-hydrogen) atoms. The number of para-hydroxylation sites is 1. The lowest BCUT2D eigenvalue weighted by atomic mass is 10.2. The smallest absolute Gasteiger partial charge is 0.260 e. The quantitative estimate of drug-likeness (QED) is 0.759. The van der Waals surface area contributed by atoms with E-state index in [1.165, 1.54) is 0 Å². The number of fused-ring (bicyclic) bond motifs is 1. The summed E-state index contributed by atoms with van der Waals surface area (Å²) in [5.41, 5.74) is 0.629. The van der Waals surface area contributed by atoms with Gasteiger partial charge in [-0.3, -0.25) is 9.78 Å². The third kappa shape index (κ3) is 3.57. The first-order valence-corrected chi connectivity index (χ1v) is 7.20. The summed E-state index contributed by atoms with van der Waals surface area (Å²) >= 11 is 0. The maximum absolute atomic E-state index is 11.9. The Hall–Kier alpha value is -1.88. The molecule has 1 heterocycles. The summed E-state index contributed by atoms with van der Waals surface area (Å²) in [6.45, 7) is 8.33. The molecule has 0 unspecified atom stereocenters. The topological polar surface area (TPSA) is 61.0 Å². The van der Waals surface area contributed by atoms with Crippen LogP contribution in [-0.4, -0.2) is 41.0 Å². The fraction of sp³-hybridized carbons (Fsp3) is 0.467. The van der Waals surface area contributed by atoms with E-state index in [9.17, 15) is 4.79 Å². The minimum Gasteiger partial charge on any atom is -0.356 e. The highest BCUT2D eigenvalue weighted by atomic mass is 16.1. The van der Waals surface area contributed by atoms with Gasteiger partial charge in [-0.15, -0.1) is 0 Å². The number of anilines is 1. The number of nitrogens with one attached hydrogen (secondary N) is 2. The average molecular weight is 274 g/mol. The van der Waals surface area contributed by atoms with Crippen LogP contribution in [0.25, 0.3) is 10.9 Å². The maximum atomic E-state index is 11.9. The second-order valence-corrected chi connectivity index (χ2v) is 4.74. The lowest BCUT2D eigenvalue weighted by molar-refractivity contribution is 0.303. The van der Waals surface area contributed by atoms with E-state index < -0.39 is 0 Å². The molecular formula is C15H22N4O. The molecule has 0 fully saturated rings. The number of nitrogens with zero attached hydrogens (tertiary/aromatic N) is 2. The van der Waals surface area contributed by atoms with Crippen LogP contribution in [0.1, 0.15) is 20.3 Å². The molecule has 5 nitrogen and oxygen atoms in total. The molecule has 0 aliphatic rings. The van der Waals surface area contributed by atoms with Gasteiger partial charge in [-0.25, -0.2) is 4.98 Å². The van der Waals surface area contributed by atoms with Crippen molar-refractivity contribution in [3.63, 3.8) is 0 Å². The number of aromatic nitrogens is 2. The molecule has 0 saturated heterocycles. The Labute approximate surface area is 119 Å². The SMILES string of the molecule is CCN(CC)CCCNc1nc2ccccc2c(=O)[nH]1. The van der Waals surface area contributed by atoms with Gasteiger partial charge >= 0.3 is 0 Å². The number of hydrogen-bond acceptors (Lipinski definition) is 4. The molecule has 1 aromatic carbocycles. The van der Waals surface area contributed by atoms with E-state index in [4.69, 9.17) is 0 Å². The summed E-state index contributed by atoms with van der Waals surface area (Å²) in [6, 6.07) is 7.37. The Morgan fingerprint density at radius 1 is 1.25 bits per heavy atom. The van der Waals surface area contributed by atoms with Crippen LogP contribution in [0, 0.1) is 0 Å². The Kier molecular flexibility index (Phi) is 5.12. The molecule has 0 saturated carbocycles. The Balaban J connectivity index is 1.95. The summed E-state index contributed by atoms with van der Waals surface area (Å²) < 4.78 is 0. The number of hydrogen-bond donors (Lipinski definition) is 2. The highest BCUT2D eigenvalue weighted by molar-refractivity contribution is 5.78. The van der Waals surface area contributed by atoms with Crippen molar-refractivity contribution in [3.05, 3.63) is 34.6 Å². The summed E-state index contributed by atoms with van der Waals surface area (Å²) in [4.78, 5) is 21.5. The van der Waals surface area contributed by atoms with Crippen LogP contribution in [-0.2, 0) is 0 Å². The summed E-state index contributed by atoms with van der Waals surface area (Å²) in [7, 11) is 0. The second-order valence-electron chi connectivity index (χ2n) is 4.74. The molecular weight excluding hydrogens is 252 g/mol. The molecule has 0 aliphatic heterocycles. The Morgan fingerprint density at radius 2 is 2.00 bits per heavy atom. The molecule has 108 valence electrons. The van der Waals surface area contributed by atoms with Gasteiger partial charge in [0, 0.05) is 6.54 Å². The minimum absolute atomic E-state index is 0.0955. The number of aromatic amines is 1. The van der Waals surface area contributed by atoms with Crippen LogP contribution in [0.4, 0.5) is 5.95 Å². The molecule has 2 N–H and O–H groups in total. The van der Waals surface area contributed by atoms with E-state index in [0.29, 0.717) is 11.3 Å². The van der Waals surface area contributed by atoms with Crippen molar-refractivity contribution < 1.29 is 0 Å². The van der Waals surface area contributed by atoms with E-state index in [1.54, 1.807) is 6.07 Å². The first-order valence-electron chi connectivity index (χ1n) is 7.20. The van der Waals surface area contributed by atoms with Gasteiger partial charge < -0.3 is 10.2 Å². The van der Waals surface area contributed by atoms with E-state index in [-0.39, 0.29) is 5.56 Å². The monoisotopic (exact) mass is 274 g/mol. The van der Waals surface area contributed by atoms with Crippen molar-refractivity contribution in [2.24, 2.45) is 0 Å². The Morgan fingerprint density at radius 3 is 2.75 bits per heavy atom. The first-order chi connectivity index (χ1) is 9.74. The predicted molar refractivity (Wildman–Crippen MR) is 83.3 cm³/mol. The van der Waals surface area contributed by atoms with Gasteiger partial charge in [0.1, 0.15) is 0 Å². The molecule has 0 spiro atoms. The van der Waals surface area contributed by atoms with E-state index in [2.05, 4.69) is 34.0 Å². The molecule has 0 amide bonds. The molecule has 5 heteroatoms. The lowest BCUT2D eigenvalue weighted by Gasteiger charge is -2.17. The lowest BCUT2D eigenvalue weighted by Crippen LogP contribution is -2.25. The largest absolute Gasteiger partial charge is 0.356 e. The number of rotatable bonds is 7. The first kappa shape index (κ1) is 14.5. The van der Waals surface area contributed by atoms with E-state index >= 15 is 0 Å². The minimum atomic E-state index is -0.0955. The van der Waals surface area contributed by atoms with Gasteiger partial charge in [-0.05, 0) is 38.2 Å². The van der Waals surface area contributed by atoms with Crippen molar-refractivity contribution in [2.45, 2.75) is 20.3 Å². The highest BCUT2D eigenvalue weighted by Gasteiger charge is 2.03. The van der Waals surface area contributed by atoms with Crippen molar-refractivity contribution in [3.8, 4) is 0 Å². The van der Waals surface area contributed by atoms with Crippen molar-refractivity contribution in [1.29, 1.82) is 0 Å². The second kappa shape index (κ2) is 7.05. The fourth-order valence-electron chi connectivity index (χ4n) is 2.22. The van der Waals surface area contributed by atoms with Crippen LogP contribution < -0.4 is 10.9 Å². The van der Waals surface area contributed by atoms with Crippen molar-refractivity contribution >= 4 is 16.9 Å². The predicted octanol–water partition coefficient (Wildman–Crippen LogP) is 2.07. The van der Waals surface area contributed by atoms with Crippen LogP contribution in [0.3, 0.4) is 0 Å². The standard InChI is InChI=1S/C15H22N4O/c1-3-19(4-2)11-7-10-16-15-17-13-9-6-5-8-12(13)14(20)18-15/h5-6,8-9H,3-4,7,10-11H2,1-2H3,(H2,16,17,18,20). The van der Waals surface area contributed by atoms with Crippen LogP contribution >= 0.6 is 0 Å². The van der Waals surface area contributed by atoms with Crippen LogP contribution in [0.2, 0.25) is 0 Å². The molecule has 0 bridgehead atoms. The zero-order valence-electron chi connectivity index (χ0n) is 12.1. The molecule has 1 aromatic heterocycles. The molecule has 0 aliphatic carbocycles. The van der Waals surface area contributed by atoms with Crippen molar-refractivity contribution in [1.82, 2.24) is 14.9 Å². The van der Waals surface area contributed by atoms with Gasteiger partial charge in [0.2, 0.25) is 5.95 Å². The highest BCUT2D eigenvalue weighted by Crippen LogP contribution is 2.07. The van der Waals surface area contributed by atoms with Gasteiger partial charge in [0.15, 0.2) is 0 Å². The van der Waals surface area contributed by atoms with Gasteiger partial charge in [0.25, 0.3) is 5.56 Å². The van der Waals surface area contributed by atoms with E-state index in [1.807, 2.05) is 18.2 Å². The third-order valence-corrected chi connectivity index (χ3v) is 3.45. The Bertz CT molecular complexity index is 604. The third-order valence-electron chi connectivity index (χ3n) is 3.45. The summed E-state index contributed by atoms with van der Waals surface area (Å²) in [5.74, 6) is 0.549. The fourth-order valence-corrected chi connectivity index (χ4v) is 2.22. The molecule has 0 radical (unpaired) electrons. The van der Waals surface area contributed by atoms with Gasteiger partial charge in [0.05, 0.1) is 10.9 Å². The molecule has 2 rings (SSSR count). The van der Waals surface area contributed by atoms with Gasteiger partial charge in [-0.1, -0.05) is 26.0 Å². The normalized spacial score (nSPS) is 11.2. The summed E-state index contributed by atoms with van der Waals surface area (Å²) in [5, 5.41) is 3.81. The van der Waals surface area contributed by atoms with E-state index in [0.717, 1.165) is 38.1 Å².